The minimum absolute atomic E-state index is 0.109. The molecule has 0 aliphatic heterocycles. The number of aromatic nitrogens is 2. The van der Waals surface area contributed by atoms with Crippen molar-refractivity contribution in [3.63, 3.8) is 0 Å². The Bertz CT molecular complexity index is 821. The molecule has 1 heterocycles. The number of rotatable bonds is 5. The van der Waals surface area contributed by atoms with Crippen molar-refractivity contribution in [2.75, 3.05) is 7.11 Å². The van der Waals surface area contributed by atoms with Gasteiger partial charge in [0.2, 0.25) is 5.82 Å². The van der Waals surface area contributed by atoms with Crippen LogP contribution < -0.4 is 9.47 Å². The molecule has 0 bridgehead atoms. The zero-order valence-corrected chi connectivity index (χ0v) is 13.6. The summed E-state index contributed by atoms with van der Waals surface area (Å²) in [6.45, 7) is 0.109. The zero-order valence-electron chi connectivity index (χ0n) is 12.1. The highest BCUT2D eigenvalue weighted by Crippen LogP contribution is 2.28. The third-order valence-electron chi connectivity index (χ3n) is 3.04. The fourth-order valence-corrected chi connectivity index (χ4v) is 2.39. The molecule has 0 aliphatic carbocycles. The largest absolute Gasteiger partial charge is 0.497 e. The molecule has 0 amide bonds. The van der Waals surface area contributed by atoms with Crippen LogP contribution in [-0.4, -0.2) is 17.3 Å². The highest BCUT2D eigenvalue weighted by Gasteiger charge is 2.11. The molecule has 0 saturated carbocycles. The first-order valence-electron chi connectivity index (χ1n) is 6.70. The van der Waals surface area contributed by atoms with Gasteiger partial charge in [-0.2, -0.15) is 4.98 Å². The van der Waals surface area contributed by atoms with E-state index in [1.807, 2.05) is 24.3 Å². The Morgan fingerprint density at radius 2 is 2.00 bits per heavy atom. The maximum absolute atomic E-state index is 6.04. The maximum atomic E-state index is 6.04. The van der Waals surface area contributed by atoms with E-state index in [0.29, 0.717) is 27.5 Å². The van der Waals surface area contributed by atoms with Crippen LogP contribution in [0.2, 0.25) is 10.0 Å². The number of nitrogens with zero attached hydrogens (tertiary/aromatic N) is 2. The van der Waals surface area contributed by atoms with E-state index >= 15 is 0 Å². The molecule has 0 aliphatic rings. The maximum Gasteiger partial charge on any atom is 0.264 e. The number of hydrogen-bond donors (Lipinski definition) is 0. The summed E-state index contributed by atoms with van der Waals surface area (Å²) in [6.07, 6.45) is 0. The van der Waals surface area contributed by atoms with Crippen LogP contribution in [0.15, 0.2) is 47.0 Å². The Hall–Kier alpha value is -2.24. The molecule has 3 rings (SSSR count). The lowest BCUT2D eigenvalue weighted by molar-refractivity contribution is 0.243. The molecule has 0 unspecified atom stereocenters. The van der Waals surface area contributed by atoms with E-state index in [4.69, 9.17) is 37.2 Å². The van der Waals surface area contributed by atoms with Gasteiger partial charge in [0.25, 0.3) is 5.89 Å². The molecule has 0 spiro atoms. The van der Waals surface area contributed by atoms with Gasteiger partial charge in [-0.25, -0.2) is 0 Å². The van der Waals surface area contributed by atoms with Gasteiger partial charge in [0, 0.05) is 10.6 Å². The Balaban J connectivity index is 1.72. The lowest BCUT2D eigenvalue weighted by Gasteiger charge is -2.05. The van der Waals surface area contributed by atoms with Crippen molar-refractivity contribution in [2.24, 2.45) is 0 Å². The normalized spacial score (nSPS) is 10.6. The quantitative estimate of drug-likeness (QED) is 0.671. The Kier molecular flexibility index (Phi) is 4.69. The van der Waals surface area contributed by atoms with Crippen molar-refractivity contribution in [2.45, 2.75) is 6.61 Å². The van der Waals surface area contributed by atoms with Crippen LogP contribution in [0.3, 0.4) is 0 Å². The monoisotopic (exact) mass is 350 g/mol. The van der Waals surface area contributed by atoms with E-state index in [1.54, 1.807) is 25.3 Å². The van der Waals surface area contributed by atoms with Crippen LogP contribution in [0.4, 0.5) is 0 Å². The van der Waals surface area contributed by atoms with Crippen LogP contribution in [0, 0.1) is 0 Å². The predicted molar refractivity (Wildman–Crippen MR) is 87.1 cm³/mol. The van der Waals surface area contributed by atoms with E-state index in [2.05, 4.69) is 10.1 Å². The summed E-state index contributed by atoms with van der Waals surface area (Å²) in [4.78, 5) is 4.29. The molecular formula is C16H12Cl2N2O3. The summed E-state index contributed by atoms with van der Waals surface area (Å²) in [5.41, 5.74) is 0.795. The second kappa shape index (κ2) is 6.89. The molecule has 2 aromatic carbocycles. The lowest BCUT2D eigenvalue weighted by atomic mass is 10.2. The molecule has 5 nitrogen and oxygen atoms in total. The molecule has 0 radical (unpaired) electrons. The summed E-state index contributed by atoms with van der Waals surface area (Å²) in [5, 5.41) is 4.90. The summed E-state index contributed by atoms with van der Waals surface area (Å²) >= 11 is 11.9. The van der Waals surface area contributed by atoms with Crippen molar-refractivity contribution < 1.29 is 14.0 Å². The Morgan fingerprint density at radius 3 is 2.78 bits per heavy atom. The van der Waals surface area contributed by atoms with Gasteiger partial charge in [-0.1, -0.05) is 40.5 Å². The van der Waals surface area contributed by atoms with Crippen LogP contribution in [-0.2, 0) is 6.61 Å². The lowest BCUT2D eigenvalue weighted by Crippen LogP contribution is -1.96. The molecule has 0 N–H and O–H groups in total. The molecule has 0 fully saturated rings. The van der Waals surface area contributed by atoms with E-state index in [0.717, 1.165) is 11.3 Å². The summed E-state index contributed by atoms with van der Waals surface area (Å²) in [7, 11) is 1.60. The standard InChI is InChI=1S/C16H12Cl2N2O3/c1-21-12-4-2-3-10(7-12)16-19-15(23-20-16)9-22-14-6-5-11(17)8-13(14)18/h2-8H,9H2,1H3. The first-order valence-corrected chi connectivity index (χ1v) is 7.46. The summed E-state index contributed by atoms with van der Waals surface area (Å²) < 4.78 is 15.9. The highest BCUT2D eigenvalue weighted by molar-refractivity contribution is 6.35. The molecule has 3 aromatic rings. The van der Waals surface area contributed by atoms with Gasteiger partial charge in [-0.3, -0.25) is 0 Å². The van der Waals surface area contributed by atoms with Gasteiger partial charge in [0.15, 0.2) is 6.61 Å². The molecule has 1 aromatic heterocycles. The average molecular weight is 351 g/mol. The van der Waals surface area contributed by atoms with Crippen LogP contribution in [0.5, 0.6) is 11.5 Å². The topological polar surface area (TPSA) is 57.4 Å². The second-order valence-corrected chi connectivity index (χ2v) is 5.45. The number of benzene rings is 2. The van der Waals surface area contributed by atoms with Crippen LogP contribution >= 0.6 is 23.2 Å². The van der Waals surface area contributed by atoms with Gasteiger partial charge in [0.05, 0.1) is 12.1 Å². The molecule has 7 heteroatoms. The number of methoxy groups -OCH3 is 1. The fourth-order valence-electron chi connectivity index (χ4n) is 1.92. The Labute approximate surface area is 142 Å². The summed E-state index contributed by atoms with van der Waals surface area (Å²) in [5.74, 6) is 2.02. The molecular weight excluding hydrogens is 339 g/mol. The van der Waals surface area contributed by atoms with E-state index in [-0.39, 0.29) is 6.61 Å². The third-order valence-corrected chi connectivity index (χ3v) is 3.57. The second-order valence-electron chi connectivity index (χ2n) is 4.61. The van der Waals surface area contributed by atoms with Crippen LogP contribution in [0.25, 0.3) is 11.4 Å². The van der Waals surface area contributed by atoms with Crippen molar-refractivity contribution in [1.29, 1.82) is 0 Å². The first kappa shape index (κ1) is 15.6. The molecule has 118 valence electrons. The van der Waals surface area contributed by atoms with Crippen molar-refractivity contribution in [3.8, 4) is 22.9 Å². The summed E-state index contributed by atoms with van der Waals surface area (Å²) in [6, 6.07) is 12.4. The van der Waals surface area contributed by atoms with Crippen molar-refractivity contribution in [3.05, 3.63) is 58.4 Å². The van der Waals surface area contributed by atoms with E-state index in [9.17, 15) is 0 Å². The van der Waals surface area contributed by atoms with Gasteiger partial charge in [0.1, 0.15) is 11.5 Å². The predicted octanol–water partition coefficient (Wildman–Crippen LogP) is 4.63. The van der Waals surface area contributed by atoms with E-state index in [1.165, 1.54) is 0 Å². The van der Waals surface area contributed by atoms with Gasteiger partial charge in [-0.05, 0) is 30.3 Å². The van der Waals surface area contributed by atoms with Gasteiger partial charge in [-0.15, -0.1) is 0 Å². The van der Waals surface area contributed by atoms with Crippen molar-refractivity contribution >= 4 is 23.2 Å². The number of ether oxygens (including phenoxy) is 2. The average Bonchev–Trinajstić information content (AvgIpc) is 3.03. The molecule has 0 saturated heterocycles. The molecule has 0 atom stereocenters. The first-order chi connectivity index (χ1) is 11.2. The minimum Gasteiger partial charge on any atom is -0.497 e. The van der Waals surface area contributed by atoms with Gasteiger partial charge >= 0.3 is 0 Å². The number of halogens is 2. The highest BCUT2D eigenvalue weighted by atomic mass is 35.5. The van der Waals surface area contributed by atoms with E-state index < -0.39 is 0 Å². The van der Waals surface area contributed by atoms with Crippen LogP contribution in [0.1, 0.15) is 5.89 Å². The zero-order chi connectivity index (χ0) is 16.2. The third kappa shape index (κ3) is 3.75. The van der Waals surface area contributed by atoms with Gasteiger partial charge < -0.3 is 14.0 Å². The van der Waals surface area contributed by atoms with Crippen molar-refractivity contribution in [1.82, 2.24) is 10.1 Å². The smallest absolute Gasteiger partial charge is 0.264 e. The molecule has 23 heavy (non-hydrogen) atoms. The minimum atomic E-state index is 0.109. The fraction of sp³-hybridized carbons (Fsp3) is 0.125. The SMILES string of the molecule is COc1cccc(-c2noc(COc3ccc(Cl)cc3Cl)n2)c1. The number of hydrogen-bond acceptors (Lipinski definition) is 5. The Morgan fingerprint density at radius 1 is 1.13 bits per heavy atom.